The highest BCUT2D eigenvalue weighted by atomic mass is 79.9. The van der Waals surface area contributed by atoms with Crippen molar-refractivity contribution in [2.24, 2.45) is 0 Å². The van der Waals surface area contributed by atoms with E-state index in [4.69, 9.17) is 0 Å². The lowest BCUT2D eigenvalue weighted by Crippen LogP contribution is -2.16. The van der Waals surface area contributed by atoms with Gasteiger partial charge in [0.25, 0.3) is 0 Å². The molecular weight excluding hydrogens is 725 g/mol. The predicted octanol–water partition coefficient (Wildman–Crippen LogP) is 15.2. The Labute approximate surface area is 323 Å². The first kappa shape index (κ1) is 32.6. The van der Waals surface area contributed by atoms with Gasteiger partial charge >= 0.3 is 0 Å². The molecule has 0 fully saturated rings. The number of benzene rings is 9. The van der Waals surface area contributed by atoms with Crippen molar-refractivity contribution >= 4 is 65.3 Å². The number of fused-ring (bicyclic) bond motifs is 10. The Balaban J connectivity index is 1.35. The Morgan fingerprint density at radius 3 is 1.78 bits per heavy atom. The first-order valence-corrected chi connectivity index (χ1v) is 19.2. The summed E-state index contributed by atoms with van der Waals surface area (Å²) in [6.45, 7) is 4.71. The van der Waals surface area contributed by atoms with E-state index in [1.54, 1.807) is 0 Å². The van der Waals surface area contributed by atoms with E-state index in [1.165, 1.54) is 38.4 Å². The van der Waals surface area contributed by atoms with Crippen molar-refractivity contribution in [2.75, 3.05) is 4.90 Å². The Morgan fingerprint density at radius 1 is 0.481 bits per heavy atom. The number of hydrogen-bond donors (Lipinski definition) is 0. The molecule has 0 atom stereocenters. The molecule has 9 aromatic rings. The molecule has 0 bridgehead atoms. The number of nitrogens with zero attached hydrogens (tertiary/aromatic N) is 1. The second-order valence-corrected chi connectivity index (χ2v) is 15.6. The molecule has 0 saturated carbocycles. The van der Waals surface area contributed by atoms with Crippen molar-refractivity contribution in [3.8, 4) is 33.4 Å². The van der Waals surface area contributed by atoms with Gasteiger partial charge in [-0.1, -0.05) is 163 Å². The van der Waals surface area contributed by atoms with Gasteiger partial charge in [0.2, 0.25) is 0 Å². The van der Waals surface area contributed by atoms with E-state index < -0.39 is 0 Å². The molecular formula is C51H35BrFN. The van der Waals surface area contributed by atoms with Gasteiger partial charge < -0.3 is 4.90 Å². The predicted molar refractivity (Wildman–Crippen MR) is 230 cm³/mol. The summed E-state index contributed by atoms with van der Waals surface area (Å²) in [6.07, 6.45) is 0. The van der Waals surface area contributed by atoms with E-state index >= 15 is 4.39 Å². The van der Waals surface area contributed by atoms with Crippen LogP contribution in [-0.2, 0) is 5.41 Å². The van der Waals surface area contributed by atoms with Crippen LogP contribution in [-0.4, -0.2) is 0 Å². The van der Waals surface area contributed by atoms with Crippen LogP contribution in [0.1, 0.15) is 25.0 Å². The average molecular weight is 761 g/mol. The number of para-hydroxylation sites is 1. The molecule has 0 N–H and O–H groups in total. The summed E-state index contributed by atoms with van der Waals surface area (Å²) in [6, 6.07) is 60.9. The van der Waals surface area contributed by atoms with Crippen molar-refractivity contribution in [2.45, 2.75) is 19.3 Å². The molecule has 0 aromatic heterocycles. The standard InChI is InChI=1S/C51H35BrFN/c1-51(2)44-30-35(52)26-27-41(44)47-39-24-14-12-22-37(39)43-31-45(38-23-13-15-25-40(38)48(43)49(47)51)54(36-20-10-5-11-21-36)46-29-34(32-16-6-3-7-17-32)28-42(50(46)53)33-18-8-4-9-19-33/h3-31H,1-2H3. The molecule has 0 heterocycles. The van der Waals surface area contributed by atoms with Gasteiger partial charge in [-0.2, -0.15) is 0 Å². The fraction of sp³-hybridized carbons (Fsp3) is 0.0588. The molecule has 0 radical (unpaired) electrons. The second-order valence-electron chi connectivity index (χ2n) is 14.7. The van der Waals surface area contributed by atoms with Gasteiger partial charge in [0.1, 0.15) is 0 Å². The maximum atomic E-state index is 17.7. The normalized spacial score (nSPS) is 13.0. The molecule has 0 amide bonds. The van der Waals surface area contributed by atoms with Gasteiger partial charge in [-0.15, -0.1) is 0 Å². The maximum Gasteiger partial charge on any atom is 0.155 e. The Kier molecular flexibility index (Phi) is 7.57. The topological polar surface area (TPSA) is 3.24 Å². The molecule has 9 aromatic carbocycles. The van der Waals surface area contributed by atoms with Crippen LogP contribution in [0.5, 0.6) is 0 Å². The van der Waals surface area contributed by atoms with Gasteiger partial charge in [0, 0.05) is 26.5 Å². The van der Waals surface area contributed by atoms with Crippen LogP contribution in [0.4, 0.5) is 21.5 Å². The van der Waals surface area contributed by atoms with Crippen LogP contribution in [0.2, 0.25) is 0 Å². The number of hydrogen-bond acceptors (Lipinski definition) is 1. The van der Waals surface area contributed by atoms with Crippen LogP contribution < -0.4 is 4.90 Å². The molecule has 1 aliphatic rings. The number of anilines is 3. The summed E-state index contributed by atoms with van der Waals surface area (Å²) in [7, 11) is 0. The zero-order valence-electron chi connectivity index (χ0n) is 29.9. The number of halogens is 2. The molecule has 10 rings (SSSR count). The Morgan fingerprint density at radius 2 is 1.07 bits per heavy atom. The third kappa shape index (κ3) is 4.96. The van der Waals surface area contributed by atoms with Crippen molar-refractivity contribution in [3.63, 3.8) is 0 Å². The van der Waals surface area contributed by atoms with Crippen LogP contribution in [0.15, 0.2) is 180 Å². The van der Waals surface area contributed by atoms with Crippen molar-refractivity contribution < 1.29 is 4.39 Å². The van der Waals surface area contributed by atoms with Gasteiger partial charge in [-0.05, 0) is 108 Å². The molecule has 1 nitrogen and oxygen atoms in total. The van der Waals surface area contributed by atoms with Gasteiger partial charge in [-0.25, -0.2) is 4.39 Å². The van der Waals surface area contributed by atoms with Crippen molar-refractivity contribution in [3.05, 3.63) is 197 Å². The zero-order valence-corrected chi connectivity index (χ0v) is 31.5. The minimum Gasteiger partial charge on any atom is -0.307 e. The average Bonchev–Trinajstić information content (AvgIpc) is 3.45. The Hall–Kier alpha value is -6.03. The van der Waals surface area contributed by atoms with Crippen LogP contribution >= 0.6 is 15.9 Å². The quantitative estimate of drug-likeness (QED) is 0.158. The van der Waals surface area contributed by atoms with E-state index in [0.29, 0.717) is 11.3 Å². The fourth-order valence-corrected chi connectivity index (χ4v) is 9.25. The summed E-state index contributed by atoms with van der Waals surface area (Å²) in [5.41, 5.74) is 10.6. The smallest absolute Gasteiger partial charge is 0.155 e. The van der Waals surface area contributed by atoms with Crippen LogP contribution in [0.25, 0.3) is 65.7 Å². The summed E-state index contributed by atoms with van der Waals surface area (Å²) < 4.78 is 18.7. The first-order valence-electron chi connectivity index (χ1n) is 18.4. The molecule has 0 aliphatic heterocycles. The SMILES string of the molecule is CC1(C)c2cc(Br)ccc2-c2c1c1c3ccccc3c(N(c3ccccc3)c3cc(-c4ccccc4)cc(-c4ccccc4)c3F)cc1c1ccccc21. The highest BCUT2D eigenvalue weighted by molar-refractivity contribution is 9.10. The first-order chi connectivity index (χ1) is 26.4. The summed E-state index contributed by atoms with van der Waals surface area (Å²) in [4.78, 5) is 2.13. The lowest BCUT2D eigenvalue weighted by Gasteiger charge is -2.30. The van der Waals surface area contributed by atoms with Crippen LogP contribution in [0, 0.1) is 5.82 Å². The van der Waals surface area contributed by atoms with E-state index in [1.807, 2.05) is 78.9 Å². The second kappa shape index (κ2) is 12.5. The maximum absolute atomic E-state index is 17.7. The molecule has 3 heteroatoms. The lowest BCUT2D eigenvalue weighted by molar-refractivity contribution is 0.632. The monoisotopic (exact) mass is 759 g/mol. The summed E-state index contributed by atoms with van der Waals surface area (Å²) in [5, 5.41) is 7.02. The minimum absolute atomic E-state index is 0.263. The largest absolute Gasteiger partial charge is 0.307 e. The molecule has 258 valence electrons. The van der Waals surface area contributed by atoms with Crippen molar-refractivity contribution in [1.82, 2.24) is 0 Å². The van der Waals surface area contributed by atoms with E-state index in [0.717, 1.165) is 48.7 Å². The fourth-order valence-electron chi connectivity index (χ4n) is 8.89. The zero-order chi connectivity index (χ0) is 36.6. The van der Waals surface area contributed by atoms with Gasteiger partial charge in [0.15, 0.2) is 5.82 Å². The summed E-state index contributed by atoms with van der Waals surface area (Å²) >= 11 is 3.78. The van der Waals surface area contributed by atoms with Crippen LogP contribution in [0.3, 0.4) is 0 Å². The third-order valence-electron chi connectivity index (χ3n) is 11.3. The highest BCUT2D eigenvalue weighted by Crippen LogP contribution is 2.57. The third-order valence-corrected chi connectivity index (χ3v) is 11.8. The molecule has 0 saturated heterocycles. The van der Waals surface area contributed by atoms with E-state index in [9.17, 15) is 0 Å². The van der Waals surface area contributed by atoms with E-state index in [2.05, 4.69) is 132 Å². The lowest BCUT2D eigenvalue weighted by atomic mass is 9.78. The molecule has 1 aliphatic carbocycles. The molecule has 54 heavy (non-hydrogen) atoms. The van der Waals surface area contributed by atoms with Gasteiger partial charge in [-0.3, -0.25) is 0 Å². The van der Waals surface area contributed by atoms with Gasteiger partial charge in [0.05, 0.1) is 11.4 Å². The van der Waals surface area contributed by atoms with E-state index in [-0.39, 0.29) is 11.2 Å². The minimum atomic E-state index is -0.269. The summed E-state index contributed by atoms with van der Waals surface area (Å²) in [5.74, 6) is -0.269. The van der Waals surface area contributed by atoms with Crippen molar-refractivity contribution in [1.29, 1.82) is 0 Å². The highest BCUT2D eigenvalue weighted by Gasteiger charge is 2.39. The molecule has 0 spiro atoms. The molecule has 0 unspecified atom stereocenters. The Bertz CT molecular complexity index is 2920. The number of rotatable bonds is 5.